The molecule has 0 aliphatic rings. The fourth-order valence-electron chi connectivity index (χ4n) is 1.76. The SMILES string of the molecule is CCCc1c(Cl)nc(-c2cncn2CC)nc1Cl. The molecule has 0 atom stereocenters. The van der Waals surface area contributed by atoms with Crippen LogP contribution in [0.5, 0.6) is 0 Å². The van der Waals surface area contributed by atoms with E-state index in [0.29, 0.717) is 16.1 Å². The van der Waals surface area contributed by atoms with Crippen LogP contribution >= 0.6 is 23.2 Å². The summed E-state index contributed by atoms with van der Waals surface area (Å²) in [4.78, 5) is 12.7. The van der Waals surface area contributed by atoms with Crippen LogP contribution in [0.3, 0.4) is 0 Å². The van der Waals surface area contributed by atoms with Gasteiger partial charge in [-0.15, -0.1) is 0 Å². The van der Waals surface area contributed by atoms with Crippen LogP contribution in [0.15, 0.2) is 12.5 Å². The van der Waals surface area contributed by atoms with E-state index in [9.17, 15) is 0 Å². The van der Waals surface area contributed by atoms with Crippen LogP contribution in [0.25, 0.3) is 11.5 Å². The zero-order chi connectivity index (χ0) is 13.1. The molecular weight excluding hydrogens is 271 g/mol. The lowest BCUT2D eigenvalue weighted by molar-refractivity contribution is 0.763. The molecule has 0 radical (unpaired) electrons. The molecule has 18 heavy (non-hydrogen) atoms. The van der Waals surface area contributed by atoms with Gasteiger partial charge in [-0.25, -0.2) is 15.0 Å². The minimum absolute atomic E-state index is 0.427. The molecule has 0 spiro atoms. The zero-order valence-corrected chi connectivity index (χ0v) is 11.8. The third-order valence-corrected chi connectivity index (χ3v) is 3.31. The lowest BCUT2D eigenvalue weighted by Gasteiger charge is -2.08. The van der Waals surface area contributed by atoms with Gasteiger partial charge in [0.05, 0.1) is 12.5 Å². The second-order valence-electron chi connectivity index (χ2n) is 3.92. The molecule has 0 aliphatic heterocycles. The van der Waals surface area contributed by atoms with Gasteiger partial charge in [-0.3, -0.25) is 0 Å². The Morgan fingerprint density at radius 2 is 1.83 bits per heavy atom. The van der Waals surface area contributed by atoms with E-state index in [1.54, 1.807) is 12.5 Å². The molecule has 0 N–H and O–H groups in total. The van der Waals surface area contributed by atoms with Crippen LogP contribution in [-0.2, 0) is 13.0 Å². The van der Waals surface area contributed by atoms with Crippen molar-refractivity contribution < 1.29 is 0 Å². The van der Waals surface area contributed by atoms with Gasteiger partial charge in [-0.05, 0) is 13.3 Å². The van der Waals surface area contributed by atoms with Gasteiger partial charge in [0.25, 0.3) is 0 Å². The van der Waals surface area contributed by atoms with Crippen molar-refractivity contribution in [2.75, 3.05) is 0 Å². The maximum Gasteiger partial charge on any atom is 0.180 e. The Morgan fingerprint density at radius 1 is 1.17 bits per heavy atom. The van der Waals surface area contributed by atoms with E-state index in [1.165, 1.54) is 0 Å². The fraction of sp³-hybridized carbons (Fsp3) is 0.417. The highest BCUT2D eigenvalue weighted by atomic mass is 35.5. The fourth-order valence-corrected chi connectivity index (χ4v) is 2.34. The van der Waals surface area contributed by atoms with Gasteiger partial charge >= 0.3 is 0 Å². The van der Waals surface area contributed by atoms with Crippen molar-refractivity contribution in [3.05, 3.63) is 28.4 Å². The number of rotatable bonds is 4. The molecule has 0 unspecified atom stereocenters. The van der Waals surface area contributed by atoms with Crippen molar-refractivity contribution in [3.63, 3.8) is 0 Å². The topological polar surface area (TPSA) is 43.6 Å². The quantitative estimate of drug-likeness (QED) is 0.806. The average Bonchev–Trinajstić information content (AvgIpc) is 2.81. The van der Waals surface area contributed by atoms with E-state index in [2.05, 4.69) is 21.9 Å². The molecule has 0 saturated carbocycles. The molecule has 0 aromatic carbocycles. The van der Waals surface area contributed by atoms with Crippen molar-refractivity contribution in [1.82, 2.24) is 19.5 Å². The summed E-state index contributed by atoms with van der Waals surface area (Å²) in [6.07, 6.45) is 5.19. The maximum absolute atomic E-state index is 6.16. The van der Waals surface area contributed by atoms with Crippen LogP contribution in [0.1, 0.15) is 25.8 Å². The Hall–Kier alpha value is -1.13. The van der Waals surface area contributed by atoms with Gasteiger partial charge in [0.2, 0.25) is 0 Å². The van der Waals surface area contributed by atoms with Crippen LogP contribution < -0.4 is 0 Å². The standard InChI is InChI=1S/C12H14Cl2N4/c1-3-5-8-10(13)16-12(17-11(8)14)9-6-15-7-18(9)4-2/h6-7H,3-5H2,1-2H3. The predicted molar refractivity (Wildman–Crippen MR) is 72.9 cm³/mol. The Bertz CT molecular complexity index is 528. The Balaban J connectivity index is 2.48. The van der Waals surface area contributed by atoms with E-state index in [1.807, 2.05) is 11.5 Å². The minimum atomic E-state index is 0.427. The van der Waals surface area contributed by atoms with Crippen molar-refractivity contribution in [2.24, 2.45) is 0 Å². The molecule has 2 aromatic rings. The third kappa shape index (κ3) is 2.49. The highest BCUT2D eigenvalue weighted by Crippen LogP contribution is 2.26. The summed E-state index contributed by atoms with van der Waals surface area (Å²) in [6, 6.07) is 0. The van der Waals surface area contributed by atoms with E-state index in [-0.39, 0.29) is 0 Å². The first-order valence-electron chi connectivity index (χ1n) is 5.89. The summed E-state index contributed by atoms with van der Waals surface area (Å²) < 4.78 is 1.95. The molecule has 0 bridgehead atoms. The lowest BCUT2D eigenvalue weighted by Crippen LogP contribution is -2.02. The molecular formula is C12H14Cl2N4. The van der Waals surface area contributed by atoms with Crippen LogP contribution in [0, 0.1) is 0 Å². The number of aromatic nitrogens is 4. The van der Waals surface area contributed by atoms with Crippen molar-refractivity contribution in [3.8, 4) is 11.5 Å². The smallest absolute Gasteiger partial charge is 0.180 e. The first kappa shape index (κ1) is 13.3. The number of aryl methyl sites for hydroxylation is 1. The molecule has 0 saturated heterocycles. The maximum atomic E-state index is 6.16. The molecule has 0 aliphatic carbocycles. The highest BCUT2D eigenvalue weighted by Gasteiger charge is 2.14. The van der Waals surface area contributed by atoms with Gasteiger partial charge in [0.15, 0.2) is 5.82 Å². The number of nitrogens with zero attached hydrogens (tertiary/aromatic N) is 4. The number of hydrogen-bond acceptors (Lipinski definition) is 3. The normalized spacial score (nSPS) is 10.9. The van der Waals surface area contributed by atoms with Gasteiger partial charge < -0.3 is 4.57 Å². The monoisotopic (exact) mass is 284 g/mol. The van der Waals surface area contributed by atoms with Gasteiger partial charge in [0, 0.05) is 12.1 Å². The summed E-state index contributed by atoms with van der Waals surface area (Å²) in [5.74, 6) is 0.518. The summed E-state index contributed by atoms with van der Waals surface area (Å²) in [5.41, 5.74) is 1.64. The lowest BCUT2D eigenvalue weighted by atomic mass is 10.2. The molecule has 96 valence electrons. The third-order valence-electron chi connectivity index (χ3n) is 2.69. The first-order valence-corrected chi connectivity index (χ1v) is 6.65. The van der Waals surface area contributed by atoms with Crippen LogP contribution in [0.4, 0.5) is 0 Å². The van der Waals surface area contributed by atoms with E-state index in [4.69, 9.17) is 23.2 Å². The van der Waals surface area contributed by atoms with E-state index in [0.717, 1.165) is 30.6 Å². The largest absolute Gasteiger partial charge is 0.328 e. The van der Waals surface area contributed by atoms with Gasteiger partial charge in [0.1, 0.15) is 16.0 Å². The van der Waals surface area contributed by atoms with Crippen molar-refractivity contribution in [2.45, 2.75) is 33.2 Å². The number of hydrogen-bond donors (Lipinski definition) is 0. The molecule has 6 heteroatoms. The van der Waals surface area contributed by atoms with Crippen molar-refractivity contribution >= 4 is 23.2 Å². The summed E-state index contributed by atoms with van der Waals surface area (Å²) >= 11 is 12.3. The Morgan fingerprint density at radius 3 is 2.39 bits per heavy atom. The number of halogens is 2. The van der Waals surface area contributed by atoms with Crippen molar-refractivity contribution in [1.29, 1.82) is 0 Å². The molecule has 0 amide bonds. The summed E-state index contributed by atoms with van der Waals surface area (Å²) in [6.45, 7) is 4.89. The second-order valence-corrected chi connectivity index (χ2v) is 4.64. The second kappa shape index (κ2) is 5.67. The van der Waals surface area contributed by atoms with Crippen LogP contribution in [-0.4, -0.2) is 19.5 Å². The Kier molecular flexibility index (Phi) is 4.19. The first-order chi connectivity index (χ1) is 8.67. The average molecular weight is 285 g/mol. The van der Waals surface area contributed by atoms with Gasteiger partial charge in [-0.2, -0.15) is 0 Å². The Labute approximate surface area is 116 Å². The predicted octanol–water partition coefficient (Wildman–Crippen LogP) is 3.62. The highest BCUT2D eigenvalue weighted by molar-refractivity contribution is 6.34. The summed E-state index contributed by atoms with van der Waals surface area (Å²) in [5, 5.41) is 0.853. The molecule has 2 rings (SSSR count). The van der Waals surface area contributed by atoms with Gasteiger partial charge in [-0.1, -0.05) is 36.5 Å². The molecule has 0 fully saturated rings. The molecule has 2 aromatic heterocycles. The summed E-state index contributed by atoms with van der Waals surface area (Å²) in [7, 11) is 0. The van der Waals surface area contributed by atoms with E-state index >= 15 is 0 Å². The molecule has 2 heterocycles. The minimum Gasteiger partial charge on any atom is -0.328 e. The zero-order valence-electron chi connectivity index (χ0n) is 10.3. The number of imidazole rings is 1. The van der Waals surface area contributed by atoms with E-state index < -0.39 is 0 Å². The van der Waals surface area contributed by atoms with Crippen LogP contribution in [0.2, 0.25) is 10.3 Å². The molecule has 4 nitrogen and oxygen atoms in total.